The van der Waals surface area contributed by atoms with Crippen LogP contribution >= 0.6 is 0 Å². The van der Waals surface area contributed by atoms with Crippen LogP contribution < -0.4 is 0 Å². The van der Waals surface area contributed by atoms with Crippen molar-refractivity contribution in [2.24, 2.45) is 0 Å². The Morgan fingerprint density at radius 3 is 2.15 bits per heavy atom. The first-order valence-electron chi connectivity index (χ1n) is 9.75. The van der Waals surface area contributed by atoms with Crippen LogP contribution in [0.1, 0.15) is 70.3 Å². The molecule has 0 heterocycles. The molecular weight excluding hydrogens is 338 g/mol. The van der Waals surface area contributed by atoms with Crippen molar-refractivity contribution in [2.75, 3.05) is 20.8 Å². The summed E-state index contributed by atoms with van der Waals surface area (Å²) in [6.07, 6.45) is 10.2. The van der Waals surface area contributed by atoms with E-state index in [0.29, 0.717) is 31.4 Å². The molecule has 0 amide bonds. The van der Waals surface area contributed by atoms with Gasteiger partial charge in [0.05, 0.1) is 6.61 Å². The number of methoxy groups -OCH3 is 2. The van der Waals surface area contributed by atoms with Gasteiger partial charge in [0.25, 0.3) is 5.97 Å². The summed E-state index contributed by atoms with van der Waals surface area (Å²) in [4.78, 5) is 0. The van der Waals surface area contributed by atoms with Crippen LogP contribution in [0.4, 0.5) is 8.78 Å². The van der Waals surface area contributed by atoms with Crippen molar-refractivity contribution < 1.29 is 23.0 Å². The van der Waals surface area contributed by atoms with E-state index in [1.807, 2.05) is 0 Å². The second-order valence-electron chi connectivity index (χ2n) is 6.65. The van der Waals surface area contributed by atoms with Gasteiger partial charge < -0.3 is 14.2 Å². The molecule has 0 saturated heterocycles. The van der Waals surface area contributed by atoms with Crippen molar-refractivity contribution in [1.82, 2.24) is 0 Å². The fraction of sp³-hybridized carbons (Fsp3) is 0.714. The van der Waals surface area contributed by atoms with Gasteiger partial charge in [-0.25, -0.2) is 8.78 Å². The number of benzene rings is 1. The van der Waals surface area contributed by atoms with E-state index in [1.54, 1.807) is 14.2 Å². The molecule has 150 valence electrons. The molecular formula is C21H34F2O3. The molecule has 0 aliphatic heterocycles. The maximum atomic E-state index is 13.6. The molecule has 0 unspecified atom stereocenters. The molecule has 3 nitrogen and oxygen atoms in total. The van der Waals surface area contributed by atoms with E-state index in [9.17, 15) is 8.78 Å². The molecule has 0 N–H and O–H groups in total. The van der Waals surface area contributed by atoms with Crippen LogP contribution in [0, 0.1) is 11.6 Å². The van der Waals surface area contributed by atoms with E-state index in [-0.39, 0.29) is 0 Å². The fourth-order valence-electron chi connectivity index (χ4n) is 2.99. The molecule has 0 bridgehead atoms. The van der Waals surface area contributed by atoms with E-state index < -0.39 is 17.6 Å². The number of halogens is 2. The average Bonchev–Trinajstić information content (AvgIpc) is 2.64. The highest BCUT2D eigenvalue weighted by Crippen LogP contribution is 2.23. The lowest BCUT2D eigenvalue weighted by molar-refractivity contribution is -0.365. The van der Waals surface area contributed by atoms with Gasteiger partial charge in [-0.3, -0.25) is 0 Å². The van der Waals surface area contributed by atoms with Crippen molar-refractivity contribution in [3.63, 3.8) is 0 Å². The summed E-state index contributed by atoms with van der Waals surface area (Å²) in [5.41, 5.74) is 0.488. The molecule has 0 atom stereocenters. The van der Waals surface area contributed by atoms with Crippen LogP contribution in [0.2, 0.25) is 0 Å². The van der Waals surface area contributed by atoms with Gasteiger partial charge in [0.15, 0.2) is 0 Å². The maximum absolute atomic E-state index is 13.6. The third kappa shape index (κ3) is 8.56. The molecule has 26 heavy (non-hydrogen) atoms. The molecule has 0 fully saturated rings. The lowest BCUT2D eigenvalue weighted by Crippen LogP contribution is -2.37. The van der Waals surface area contributed by atoms with Crippen molar-refractivity contribution in [3.05, 3.63) is 35.4 Å². The predicted molar refractivity (Wildman–Crippen MR) is 100.0 cm³/mol. The quantitative estimate of drug-likeness (QED) is 0.279. The van der Waals surface area contributed by atoms with Gasteiger partial charge in [0.2, 0.25) is 0 Å². The topological polar surface area (TPSA) is 27.7 Å². The van der Waals surface area contributed by atoms with Gasteiger partial charge in [-0.2, -0.15) is 0 Å². The maximum Gasteiger partial charge on any atom is 0.282 e. The molecule has 1 aromatic rings. The number of rotatable bonds is 15. The third-order valence-corrected chi connectivity index (χ3v) is 4.64. The first-order valence-corrected chi connectivity index (χ1v) is 9.75. The highest BCUT2D eigenvalue weighted by molar-refractivity contribution is 5.18. The molecule has 0 saturated carbocycles. The minimum Gasteiger partial charge on any atom is -0.331 e. The largest absolute Gasteiger partial charge is 0.331 e. The number of hydrogen-bond acceptors (Lipinski definition) is 3. The van der Waals surface area contributed by atoms with Crippen molar-refractivity contribution in [2.45, 2.75) is 77.1 Å². The average molecular weight is 372 g/mol. The molecule has 1 aromatic carbocycles. The Morgan fingerprint density at radius 2 is 1.54 bits per heavy atom. The van der Waals surface area contributed by atoms with Gasteiger partial charge in [0.1, 0.15) is 11.6 Å². The van der Waals surface area contributed by atoms with Crippen LogP contribution in [0.5, 0.6) is 0 Å². The standard InChI is InChI=1S/C21H34F2O3/c1-4-5-6-7-8-9-10-15-21(24-2,25-3)26-16-11-12-18-13-14-19(22)17-20(18)23/h13-14,17H,4-12,15-16H2,1-3H3. The van der Waals surface area contributed by atoms with E-state index >= 15 is 0 Å². The van der Waals surface area contributed by atoms with Crippen LogP contribution in [-0.4, -0.2) is 26.8 Å². The Morgan fingerprint density at radius 1 is 0.885 bits per heavy atom. The van der Waals surface area contributed by atoms with Crippen LogP contribution in [-0.2, 0) is 20.6 Å². The normalized spacial score (nSPS) is 11.9. The Hall–Kier alpha value is -1.04. The van der Waals surface area contributed by atoms with Crippen molar-refractivity contribution >= 4 is 0 Å². The lowest BCUT2D eigenvalue weighted by Gasteiger charge is -2.30. The SMILES string of the molecule is CCCCCCCCCC(OC)(OC)OCCCc1ccc(F)cc1F. The summed E-state index contributed by atoms with van der Waals surface area (Å²) in [5.74, 6) is -2.11. The Kier molecular flexibility index (Phi) is 11.7. The first kappa shape index (κ1) is 23.0. The zero-order valence-electron chi connectivity index (χ0n) is 16.5. The van der Waals surface area contributed by atoms with Gasteiger partial charge in [-0.05, 0) is 30.9 Å². The van der Waals surface area contributed by atoms with Crippen LogP contribution in [0.3, 0.4) is 0 Å². The summed E-state index contributed by atoms with van der Waals surface area (Å²) in [5, 5.41) is 0. The lowest BCUT2D eigenvalue weighted by atomic mass is 10.1. The van der Waals surface area contributed by atoms with Gasteiger partial charge in [-0.1, -0.05) is 51.5 Å². The zero-order valence-corrected chi connectivity index (χ0v) is 16.5. The number of unbranched alkanes of at least 4 members (excludes halogenated alkanes) is 6. The fourth-order valence-corrected chi connectivity index (χ4v) is 2.99. The molecule has 0 aliphatic rings. The van der Waals surface area contributed by atoms with Gasteiger partial charge >= 0.3 is 0 Å². The summed E-state index contributed by atoms with van der Waals surface area (Å²) in [6.45, 7) is 2.60. The van der Waals surface area contributed by atoms with Gasteiger partial charge in [-0.15, -0.1) is 0 Å². The number of aryl methyl sites for hydroxylation is 1. The summed E-state index contributed by atoms with van der Waals surface area (Å²) in [6, 6.07) is 3.66. The monoisotopic (exact) mass is 372 g/mol. The number of hydrogen-bond donors (Lipinski definition) is 0. The van der Waals surface area contributed by atoms with Crippen molar-refractivity contribution in [1.29, 1.82) is 0 Å². The highest BCUT2D eigenvalue weighted by atomic mass is 19.1. The first-order chi connectivity index (χ1) is 12.6. The van der Waals surface area contributed by atoms with E-state index in [4.69, 9.17) is 14.2 Å². The molecule has 0 radical (unpaired) electrons. The van der Waals surface area contributed by atoms with E-state index in [1.165, 1.54) is 44.2 Å². The van der Waals surface area contributed by atoms with E-state index in [0.717, 1.165) is 18.9 Å². The Balaban J connectivity index is 2.30. The summed E-state index contributed by atoms with van der Waals surface area (Å²) >= 11 is 0. The summed E-state index contributed by atoms with van der Waals surface area (Å²) in [7, 11) is 3.15. The van der Waals surface area contributed by atoms with Gasteiger partial charge in [0, 0.05) is 26.7 Å². The highest BCUT2D eigenvalue weighted by Gasteiger charge is 2.30. The van der Waals surface area contributed by atoms with E-state index in [2.05, 4.69) is 6.92 Å². The smallest absolute Gasteiger partial charge is 0.282 e. The Bertz CT molecular complexity index is 490. The second kappa shape index (κ2) is 13.2. The minimum absolute atomic E-state index is 0.384. The number of ether oxygens (including phenoxy) is 3. The van der Waals surface area contributed by atoms with Crippen LogP contribution in [0.25, 0.3) is 0 Å². The van der Waals surface area contributed by atoms with Crippen molar-refractivity contribution in [3.8, 4) is 0 Å². The Labute approximate surface area is 157 Å². The molecule has 5 heteroatoms. The molecule has 1 rings (SSSR count). The molecule has 0 spiro atoms. The predicted octanol–water partition coefficient (Wildman–Crippen LogP) is 6.00. The van der Waals surface area contributed by atoms with Crippen LogP contribution in [0.15, 0.2) is 18.2 Å². The molecule has 0 aromatic heterocycles. The second-order valence-corrected chi connectivity index (χ2v) is 6.65. The third-order valence-electron chi connectivity index (χ3n) is 4.64. The molecule has 0 aliphatic carbocycles. The zero-order chi connectivity index (χ0) is 19.3. The minimum atomic E-state index is -1.04. The summed E-state index contributed by atoms with van der Waals surface area (Å²) < 4.78 is 43.3.